The number of aliphatic hydroxyl groups excluding tert-OH is 2. The molecule has 100 valence electrons. The van der Waals surface area contributed by atoms with Gasteiger partial charge in [0.2, 0.25) is 11.9 Å². The van der Waals surface area contributed by atoms with Crippen molar-refractivity contribution in [2.24, 2.45) is 0 Å². The molecule has 0 aliphatic carbocycles. The van der Waals surface area contributed by atoms with Gasteiger partial charge in [0.15, 0.2) is 5.82 Å². The maximum absolute atomic E-state index is 8.77. The van der Waals surface area contributed by atoms with Gasteiger partial charge in [0.1, 0.15) is 0 Å². The zero-order chi connectivity index (χ0) is 13.4. The van der Waals surface area contributed by atoms with Gasteiger partial charge in [-0.25, -0.2) is 0 Å². The lowest BCUT2D eigenvalue weighted by Crippen LogP contribution is -2.14. The van der Waals surface area contributed by atoms with E-state index in [4.69, 9.17) is 10.2 Å². The van der Waals surface area contributed by atoms with Crippen LogP contribution >= 0.6 is 0 Å². The minimum atomic E-state index is 0.00299. The number of aromatic nitrogens is 3. The molecule has 7 nitrogen and oxygen atoms in total. The highest BCUT2D eigenvalue weighted by molar-refractivity contribution is 5.59. The Hall–Kier alpha value is -1.73. The standard InChI is InChI=1S/C11H19N5O2/c1-3-8(2)9-14-10(12-4-6-17)16-11(15-9)13-5-7-18/h3,17-18H,4-7H2,1-2H3,(H2,12,13,14,15,16). The second kappa shape index (κ2) is 7.57. The van der Waals surface area contributed by atoms with Crippen molar-refractivity contribution in [1.82, 2.24) is 15.0 Å². The summed E-state index contributed by atoms with van der Waals surface area (Å²) in [5.41, 5.74) is 0.927. The lowest BCUT2D eigenvalue weighted by Gasteiger charge is -2.09. The molecule has 7 heteroatoms. The smallest absolute Gasteiger partial charge is 0.228 e. The molecule has 0 saturated heterocycles. The first kappa shape index (κ1) is 14.3. The number of hydrogen-bond donors (Lipinski definition) is 4. The van der Waals surface area contributed by atoms with Crippen molar-refractivity contribution in [1.29, 1.82) is 0 Å². The fourth-order valence-electron chi connectivity index (χ4n) is 1.17. The van der Waals surface area contributed by atoms with Crippen molar-refractivity contribution in [3.63, 3.8) is 0 Å². The molecule has 0 aliphatic heterocycles. The predicted octanol–water partition coefficient (Wildman–Crippen LogP) is 0.103. The highest BCUT2D eigenvalue weighted by atomic mass is 16.3. The summed E-state index contributed by atoms with van der Waals surface area (Å²) in [6, 6.07) is 0. The van der Waals surface area contributed by atoms with E-state index in [0.717, 1.165) is 5.57 Å². The number of nitrogens with zero attached hydrogens (tertiary/aromatic N) is 3. The minimum Gasteiger partial charge on any atom is -0.395 e. The Balaban J connectivity index is 2.95. The topological polar surface area (TPSA) is 103 Å². The van der Waals surface area contributed by atoms with Crippen molar-refractivity contribution >= 4 is 17.5 Å². The number of aliphatic hydroxyl groups is 2. The van der Waals surface area contributed by atoms with E-state index in [0.29, 0.717) is 30.8 Å². The van der Waals surface area contributed by atoms with E-state index in [-0.39, 0.29) is 13.2 Å². The molecular formula is C11H19N5O2. The van der Waals surface area contributed by atoms with Crippen LogP contribution in [0.25, 0.3) is 5.57 Å². The molecule has 1 heterocycles. The van der Waals surface area contributed by atoms with Crippen LogP contribution in [0.15, 0.2) is 6.08 Å². The Kier molecular flexibility index (Phi) is 6.03. The van der Waals surface area contributed by atoms with Crippen LogP contribution in [-0.4, -0.2) is 51.5 Å². The summed E-state index contributed by atoms with van der Waals surface area (Å²) in [6.07, 6.45) is 1.90. The van der Waals surface area contributed by atoms with E-state index in [1.807, 2.05) is 19.9 Å². The first-order valence-corrected chi connectivity index (χ1v) is 5.80. The van der Waals surface area contributed by atoms with Crippen LogP contribution in [0, 0.1) is 0 Å². The van der Waals surface area contributed by atoms with E-state index in [2.05, 4.69) is 25.6 Å². The van der Waals surface area contributed by atoms with Gasteiger partial charge in [-0.2, -0.15) is 15.0 Å². The fraction of sp³-hybridized carbons (Fsp3) is 0.545. The average molecular weight is 253 g/mol. The molecule has 0 amide bonds. The molecule has 0 atom stereocenters. The number of anilines is 2. The first-order chi connectivity index (χ1) is 8.71. The maximum atomic E-state index is 8.77. The van der Waals surface area contributed by atoms with Gasteiger partial charge in [0, 0.05) is 13.1 Å². The molecule has 0 radical (unpaired) electrons. The molecule has 0 bridgehead atoms. The molecule has 0 aromatic carbocycles. The molecule has 0 fully saturated rings. The molecule has 1 aromatic rings. The molecule has 1 aromatic heterocycles. The Morgan fingerprint density at radius 1 is 1.06 bits per heavy atom. The number of allylic oxidation sites excluding steroid dienone is 2. The van der Waals surface area contributed by atoms with Gasteiger partial charge in [-0.1, -0.05) is 6.08 Å². The quantitative estimate of drug-likeness (QED) is 0.546. The van der Waals surface area contributed by atoms with Crippen LogP contribution in [0.2, 0.25) is 0 Å². The summed E-state index contributed by atoms with van der Waals surface area (Å²) in [7, 11) is 0. The van der Waals surface area contributed by atoms with Gasteiger partial charge in [-0.05, 0) is 19.4 Å². The zero-order valence-electron chi connectivity index (χ0n) is 10.6. The van der Waals surface area contributed by atoms with Gasteiger partial charge in [0.05, 0.1) is 13.2 Å². The van der Waals surface area contributed by atoms with Crippen molar-refractivity contribution in [2.75, 3.05) is 36.9 Å². The summed E-state index contributed by atoms with van der Waals surface area (Å²) >= 11 is 0. The lowest BCUT2D eigenvalue weighted by molar-refractivity contribution is 0.310. The molecule has 0 unspecified atom stereocenters. The van der Waals surface area contributed by atoms with Crippen LogP contribution in [0.5, 0.6) is 0 Å². The molecule has 0 saturated carbocycles. The third-order valence-electron chi connectivity index (χ3n) is 2.21. The van der Waals surface area contributed by atoms with E-state index >= 15 is 0 Å². The molecular weight excluding hydrogens is 234 g/mol. The van der Waals surface area contributed by atoms with Crippen LogP contribution in [0.4, 0.5) is 11.9 Å². The Labute approximate surface area is 106 Å². The summed E-state index contributed by atoms with van der Waals surface area (Å²) in [5.74, 6) is 1.36. The Bertz CT molecular complexity index is 382. The van der Waals surface area contributed by atoms with Crippen molar-refractivity contribution in [3.8, 4) is 0 Å². The first-order valence-electron chi connectivity index (χ1n) is 5.80. The third kappa shape index (κ3) is 4.27. The molecule has 4 N–H and O–H groups in total. The van der Waals surface area contributed by atoms with Crippen molar-refractivity contribution in [3.05, 3.63) is 11.9 Å². The summed E-state index contributed by atoms with van der Waals surface area (Å²) in [4.78, 5) is 12.6. The van der Waals surface area contributed by atoms with E-state index in [9.17, 15) is 0 Å². The molecule has 18 heavy (non-hydrogen) atoms. The largest absolute Gasteiger partial charge is 0.395 e. The third-order valence-corrected chi connectivity index (χ3v) is 2.21. The van der Waals surface area contributed by atoms with Crippen LogP contribution in [-0.2, 0) is 0 Å². The predicted molar refractivity (Wildman–Crippen MR) is 70.3 cm³/mol. The zero-order valence-corrected chi connectivity index (χ0v) is 10.6. The lowest BCUT2D eigenvalue weighted by atomic mass is 10.3. The molecule has 1 rings (SSSR count). The maximum Gasteiger partial charge on any atom is 0.228 e. The summed E-state index contributed by atoms with van der Waals surface area (Å²) in [5, 5.41) is 23.3. The minimum absolute atomic E-state index is 0.00299. The number of hydrogen-bond acceptors (Lipinski definition) is 7. The van der Waals surface area contributed by atoms with Gasteiger partial charge in [-0.3, -0.25) is 0 Å². The monoisotopic (exact) mass is 253 g/mol. The SMILES string of the molecule is CC=C(C)c1nc(NCCO)nc(NCCO)n1. The van der Waals surface area contributed by atoms with E-state index in [1.165, 1.54) is 0 Å². The van der Waals surface area contributed by atoms with Crippen LogP contribution < -0.4 is 10.6 Å². The van der Waals surface area contributed by atoms with Gasteiger partial charge >= 0.3 is 0 Å². The Morgan fingerprint density at radius 2 is 1.56 bits per heavy atom. The number of nitrogens with one attached hydrogen (secondary N) is 2. The van der Waals surface area contributed by atoms with Gasteiger partial charge < -0.3 is 20.8 Å². The highest BCUT2D eigenvalue weighted by Crippen LogP contribution is 2.12. The second-order valence-corrected chi connectivity index (χ2v) is 3.58. The number of rotatable bonds is 7. The van der Waals surface area contributed by atoms with E-state index < -0.39 is 0 Å². The molecule has 0 spiro atoms. The van der Waals surface area contributed by atoms with Crippen molar-refractivity contribution in [2.45, 2.75) is 13.8 Å². The molecule has 0 aliphatic rings. The second-order valence-electron chi connectivity index (χ2n) is 3.58. The average Bonchev–Trinajstić information content (AvgIpc) is 2.41. The van der Waals surface area contributed by atoms with E-state index in [1.54, 1.807) is 0 Å². The van der Waals surface area contributed by atoms with Gasteiger partial charge in [-0.15, -0.1) is 0 Å². The summed E-state index contributed by atoms with van der Waals surface area (Å²) < 4.78 is 0. The normalized spacial score (nSPS) is 11.4. The van der Waals surface area contributed by atoms with Crippen LogP contribution in [0.1, 0.15) is 19.7 Å². The fourth-order valence-corrected chi connectivity index (χ4v) is 1.17. The van der Waals surface area contributed by atoms with Crippen LogP contribution in [0.3, 0.4) is 0 Å². The summed E-state index contributed by atoms with van der Waals surface area (Å²) in [6.45, 7) is 4.56. The highest BCUT2D eigenvalue weighted by Gasteiger charge is 2.06. The van der Waals surface area contributed by atoms with Gasteiger partial charge in [0.25, 0.3) is 0 Å². The Morgan fingerprint density at radius 3 is 1.94 bits per heavy atom. The van der Waals surface area contributed by atoms with Crippen molar-refractivity contribution < 1.29 is 10.2 Å².